The number of carbonyl (C=O) groups excluding carboxylic acids is 1. The number of fused-ring (bicyclic) bond motifs is 2. The summed E-state index contributed by atoms with van der Waals surface area (Å²) in [6.07, 6.45) is 8.88. The Morgan fingerprint density at radius 2 is 1.95 bits per heavy atom. The first-order valence-electron chi connectivity index (χ1n) is 11.6. The van der Waals surface area contributed by atoms with Gasteiger partial charge in [-0.3, -0.25) is 14.5 Å². The van der Waals surface area contributed by atoms with Crippen LogP contribution in [0.2, 0.25) is 0 Å². The molecule has 3 heterocycles. The fourth-order valence-corrected chi connectivity index (χ4v) is 6.35. The number of H-pyrrole nitrogens is 1. The maximum Gasteiger partial charge on any atom is 0.262 e. The molecule has 2 aromatic heterocycles. The van der Waals surface area contributed by atoms with Crippen LogP contribution in [0.5, 0.6) is 0 Å². The lowest BCUT2D eigenvalue weighted by Gasteiger charge is -2.16. The molecule has 0 fully saturated rings. The van der Waals surface area contributed by atoms with E-state index < -0.39 is 49.4 Å². The number of hydrogen-bond donors (Lipinski definition) is 2. The highest BCUT2D eigenvalue weighted by atomic mass is 32.2. The number of nitrogens with one attached hydrogen (secondary N) is 2. The molecule has 0 saturated heterocycles. The molecule has 2 aromatic carbocycles. The summed E-state index contributed by atoms with van der Waals surface area (Å²) in [5.74, 6) is -4.40. The van der Waals surface area contributed by atoms with Gasteiger partial charge in [0.1, 0.15) is 17.3 Å². The van der Waals surface area contributed by atoms with Crippen molar-refractivity contribution >= 4 is 55.4 Å². The van der Waals surface area contributed by atoms with Gasteiger partial charge in [0, 0.05) is 28.9 Å². The van der Waals surface area contributed by atoms with Crippen LogP contribution in [0.25, 0.3) is 16.6 Å². The molecule has 7 nitrogen and oxygen atoms in total. The average molecular weight is 567 g/mol. The van der Waals surface area contributed by atoms with E-state index in [9.17, 15) is 22.0 Å². The largest absolute Gasteiger partial charge is 0.345 e. The maximum absolute atomic E-state index is 15.5. The van der Waals surface area contributed by atoms with Crippen LogP contribution in [0.15, 0.2) is 83.0 Å². The first kappa shape index (κ1) is 25.1. The van der Waals surface area contributed by atoms with Crippen molar-refractivity contribution in [1.82, 2.24) is 9.97 Å². The Morgan fingerprint density at radius 1 is 1.10 bits per heavy atom. The molecular formula is C27H17F3N4O3S2. The zero-order chi connectivity index (χ0) is 27.3. The molecule has 196 valence electrons. The number of halogens is 3. The fraction of sp³-hybridized carbons (Fsp3) is 0.0741. The van der Waals surface area contributed by atoms with Crippen molar-refractivity contribution in [3.8, 4) is 0 Å². The molecule has 2 atom stereocenters. The predicted octanol–water partition coefficient (Wildman–Crippen LogP) is 5.48. The van der Waals surface area contributed by atoms with Gasteiger partial charge in [-0.15, -0.1) is 11.8 Å². The van der Waals surface area contributed by atoms with E-state index in [0.717, 1.165) is 35.9 Å². The Labute approximate surface area is 224 Å². The number of carbonyl (C=O) groups is 1. The SMILES string of the molecule is O=C(c1c(F)ccc(NS(=O)(=O)c2cccc(F)c2)c1F)c1c[nH]c2ncc(C3=CC4N=CSC4C=C3)cc12. The predicted molar refractivity (Wildman–Crippen MR) is 144 cm³/mol. The van der Waals surface area contributed by atoms with E-state index in [1.54, 1.807) is 29.6 Å². The fourth-order valence-electron chi connectivity index (χ4n) is 4.43. The summed E-state index contributed by atoms with van der Waals surface area (Å²) >= 11 is 1.62. The molecule has 1 aliphatic carbocycles. The number of thioether (sulfide) groups is 1. The standard InChI is InChI=1S/C27H17F3N4O3S2/c28-16-2-1-3-17(10-16)39(36,37)34-21-6-5-20(29)24(25(21)30)26(35)19-12-32-27-18(19)8-15(11-31-27)14-4-7-23-22(9-14)33-13-38-23/h1-13,22-23,34H,(H,31,32). The number of allylic oxidation sites excluding steroid dienone is 2. The van der Waals surface area contributed by atoms with Gasteiger partial charge in [-0.05, 0) is 42.0 Å². The summed E-state index contributed by atoms with van der Waals surface area (Å²) in [6.45, 7) is 0. The molecule has 4 aromatic rings. The van der Waals surface area contributed by atoms with Crippen LogP contribution < -0.4 is 4.72 Å². The van der Waals surface area contributed by atoms with Gasteiger partial charge in [0.15, 0.2) is 5.82 Å². The van der Waals surface area contributed by atoms with E-state index in [4.69, 9.17) is 0 Å². The number of nitrogens with zero attached hydrogens (tertiary/aromatic N) is 2. The number of pyridine rings is 1. The molecule has 39 heavy (non-hydrogen) atoms. The quantitative estimate of drug-likeness (QED) is 0.301. The zero-order valence-corrected chi connectivity index (χ0v) is 21.4. The Morgan fingerprint density at radius 3 is 2.77 bits per heavy atom. The Balaban J connectivity index is 1.37. The third kappa shape index (κ3) is 4.55. The lowest BCUT2D eigenvalue weighted by atomic mass is 9.96. The number of ketones is 1. The first-order chi connectivity index (χ1) is 18.7. The second kappa shape index (κ2) is 9.54. The summed E-state index contributed by atoms with van der Waals surface area (Å²) in [4.78, 5) is 24.6. The number of aromatic nitrogens is 2. The minimum Gasteiger partial charge on any atom is -0.345 e. The Bertz CT molecular complexity index is 1870. The highest BCUT2D eigenvalue weighted by Gasteiger charge is 2.28. The van der Waals surface area contributed by atoms with E-state index in [-0.39, 0.29) is 16.9 Å². The smallest absolute Gasteiger partial charge is 0.262 e. The van der Waals surface area contributed by atoms with Gasteiger partial charge >= 0.3 is 0 Å². The van der Waals surface area contributed by atoms with Gasteiger partial charge in [0.25, 0.3) is 10.0 Å². The van der Waals surface area contributed by atoms with Gasteiger partial charge < -0.3 is 4.98 Å². The molecule has 0 amide bonds. The number of hydrogen-bond acceptors (Lipinski definition) is 6. The number of aromatic amines is 1. The van der Waals surface area contributed by atoms with E-state index >= 15 is 4.39 Å². The van der Waals surface area contributed by atoms with E-state index in [0.29, 0.717) is 16.6 Å². The zero-order valence-electron chi connectivity index (χ0n) is 19.7. The maximum atomic E-state index is 15.5. The van der Waals surface area contributed by atoms with Crippen LogP contribution in [-0.2, 0) is 10.0 Å². The molecule has 0 radical (unpaired) electrons. The highest BCUT2D eigenvalue weighted by Crippen LogP contribution is 2.34. The van der Waals surface area contributed by atoms with E-state index in [1.165, 1.54) is 12.3 Å². The molecule has 2 N–H and O–H groups in total. The van der Waals surface area contributed by atoms with Crippen LogP contribution in [0.1, 0.15) is 21.5 Å². The van der Waals surface area contributed by atoms with Crippen molar-refractivity contribution in [2.24, 2.45) is 4.99 Å². The summed E-state index contributed by atoms with van der Waals surface area (Å²) in [5.41, 5.74) is 2.02. The number of sulfonamides is 1. The molecule has 6 rings (SSSR count). The molecule has 2 unspecified atom stereocenters. The molecule has 0 bridgehead atoms. The second-order valence-corrected chi connectivity index (χ2v) is 11.5. The van der Waals surface area contributed by atoms with Gasteiger partial charge in [0.05, 0.1) is 33.0 Å². The molecule has 2 aliphatic rings. The lowest BCUT2D eigenvalue weighted by Crippen LogP contribution is -2.16. The Hall–Kier alpha value is -4.16. The third-order valence-electron chi connectivity index (χ3n) is 6.38. The lowest BCUT2D eigenvalue weighted by molar-refractivity contribution is 0.103. The van der Waals surface area contributed by atoms with Crippen molar-refractivity contribution in [2.75, 3.05) is 4.72 Å². The molecule has 1 aliphatic heterocycles. The van der Waals surface area contributed by atoms with Crippen LogP contribution in [0.4, 0.5) is 18.9 Å². The van der Waals surface area contributed by atoms with Gasteiger partial charge in [-0.2, -0.15) is 0 Å². The van der Waals surface area contributed by atoms with Crippen molar-refractivity contribution in [3.05, 3.63) is 107 Å². The molecule has 12 heteroatoms. The molecule has 0 spiro atoms. The summed E-state index contributed by atoms with van der Waals surface area (Å²) in [5, 5.41) is 0.564. The summed E-state index contributed by atoms with van der Waals surface area (Å²) in [7, 11) is -4.43. The number of aliphatic imine (C=N–C) groups is 1. The minimum absolute atomic E-state index is 0.0138. The van der Waals surface area contributed by atoms with E-state index in [2.05, 4.69) is 15.0 Å². The number of rotatable bonds is 6. The van der Waals surface area contributed by atoms with Gasteiger partial charge in [-0.1, -0.05) is 24.3 Å². The third-order valence-corrected chi connectivity index (χ3v) is 8.74. The number of anilines is 1. The first-order valence-corrected chi connectivity index (χ1v) is 14.0. The minimum atomic E-state index is -4.43. The van der Waals surface area contributed by atoms with Crippen molar-refractivity contribution in [2.45, 2.75) is 16.2 Å². The van der Waals surface area contributed by atoms with Crippen LogP contribution in [0, 0.1) is 17.5 Å². The van der Waals surface area contributed by atoms with Crippen molar-refractivity contribution in [3.63, 3.8) is 0 Å². The monoisotopic (exact) mass is 566 g/mol. The molecular weight excluding hydrogens is 549 g/mol. The average Bonchev–Trinajstić information content (AvgIpc) is 3.56. The highest BCUT2D eigenvalue weighted by molar-refractivity contribution is 8.13. The molecule has 0 saturated carbocycles. The van der Waals surface area contributed by atoms with Crippen molar-refractivity contribution in [1.29, 1.82) is 0 Å². The van der Waals surface area contributed by atoms with Crippen LogP contribution >= 0.6 is 11.8 Å². The van der Waals surface area contributed by atoms with Gasteiger partial charge in [0.2, 0.25) is 5.78 Å². The number of benzene rings is 2. The van der Waals surface area contributed by atoms with Gasteiger partial charge in [-0.25, -0.2) is 26.6 Å². The summed E-state index contributed by atoms with van der Waals surface area (Å²) < 4.78 is 71.2. The van der Waals surface area contributed by atoms with Crippen LogP contribution in [-0.4, -0.2) is 41.0 Å². The van der Waals surface area contributed by atoms with Crippen LogP contribution in [0.3, 0.4) is 0 Å². The van der Waals surface area contributed by atoms with Crippen molar-refractivity contribution < 1.29 is 26.4 Å². The normalized spacial score (nSPS) is 18.3. The Kier molecular flexibility index (Phi) is 6.15. The van der Waals surface area contributed by atoms with E-state index in [1.807, 2.05) is 23.0 Å². The second-order valence-electron chi connectivity index (χ2n) is 8.83. The summed E-state index contributed by atoms with van der Waals surface area (Å²) in [6, 6.07) is 7.41. The topological polar surface area (TPSA) is 104 Å².